The van der Waals surface area contributed by atoms with Crippen LogP contribution in [0.25, 0.3) is 0 Å². The fourth-order valence-electron chi connectivity index (χ4n) is 4.37. The van der Waals surface area contributed by atoms with Crippen molar-refractivity contribution < 1.29 is 28.5 Å². The van der Waals surface area contributed by atoms with Gasteiger partial charge < -0.3 is 23.7 Å². The number of aliphatic carboxylic acids is 1. The van der Waals surface area contributed by atoms with Crippen LogP contribution in [0.4, 0.5) is 0 Å². The van der Waals surface area contributed by atoms with Crippen molar-refractivity contribution >= 4 is 5.97 Å². The fourth-order valence-corrected chi connectivity index (χ4v) is 4.37. The molecule has 0 spiro atoms. The topological polar surface area (TPSA) is 81.4 Å². The summed E-state index contributed by atoms with van der Waals surface area (Å²) in [5, 5.41) is 9.59. The molecule has 1 saturated heterocycles. The molecule has 0 radical (unpaired) electrons. The molecular formula is C26H29NO6. The number of hydrogen-bond donors (Lipinski definition) is 1. The van der Waals surface area contributed by atoms with Gasteiger partial charge in [0.15, 0.2) is 11.5 Å². The Labute approximate surface area is 193 Å². The second kappa shape index (κ2) is 10.4. The van der Waals surface area contributed by atoms with Crippen molar-refractivity contribution in [3.05, 3.63) is 77.7 Å². The van der Waals surface area contributed by atoms with Gasteiger partial charge >= 0.3 is 5.97 Å². The lowest BCUT2D eigenvalue weighted by atomic mass is 9.93. The van der Waals surface area contributed by atoms with Crippen LogP contribution in [0.15, 0.2) is 65.3 Å². The van der Waals surface area contributed by atoms with Crippen LogP contribution in [0.5, 0.6) is 17.2 Å². The maximum Gasteiger partial charge on any atom is 0.307 e. The van der Waals surface area contributed by atoms with Gasteiger partial charge in [-0.2, -0.15) is 0 Å². The quantitative estimate of drug-likeness (QED) is 0.502. The van der Waals surface area contributed by atoms with E-state index >= 15 is 0 Å². The van der Waals surface area contributed by atoms with Crippen LogP contribution < -0.4 is 14.2 Å². The highest BCUT2D eigenvalue weighted by atomic mass is 16.5. The first-order valence-electron chi connectivity index (χ1n) is 11.0. The number of nitrogens with zero attached hydrogens (tertiary/aromatic N) is 1. The summed E-state index contributed by atoms with van der Waals surface area (Å²) in [4.78, 5) is 13.8. The van der Waals surface area contributed by atoms with Crippen molar-refractivity contribution in [2.75, 3.05) is 27.3 Å². The molecule has 1 aromatic heterocycles. The molecule has 0 amide bonds. The smallest absolute Gasteiger partial charge is 0.307 e. The van der Waals surface area contributed by atoms with Gasteiger partial charge in [-0.05, 0) is 54.8 Å². The van der Waals surface area contributed by atoms with E-state index in [0.717, 1.165) is 29.9 Å². The molecule has 0 saturated carbocycles. The minimum atomic E-state index is -0.766. The van der Waals surface area contributed by atoms with Gasteiger partial charge in [0.05, 0.1) is 32.4 Å². The van der Waals surface area contributed by atoms with E-state index in [9.17, 15) is 9.90 Å². The third kappa shape index (κ3) is 5.14. The second-order valence-electron chi connectivity index (χ2n) is 8.12. The molecule has 2 atom stereocenters. The Hall–Kier alpha value is -3.45. The Morgan fingerprint density at radius 1 is 1.12 bits per heavy atom. The van der Waals surface area contributed by atoms with Crippen molar-refractivity contribution in [2.45, 2.75) is 25.5 Å². The normalized spacial score (nSPS) is 17.3. The fraction of sp³-hybridized carbons (Fsp3) is 0.346. The first-order valence-corrected chi connectivity index (χ1v) is 11.0. The Morgan fingerprint density at radius 2 is 1.85 bits per heavy atom. The Morgan fingerprint density at radius 3 is 2.45 bits per heavy atom. The summed E-state index contributed by atoms with van der Waals surface area (Å²) >= 11 is 0. The Balaban J connectivity index is 1.69. The number of piperidine rings is 1. The molecule has 7 nitrogen and oxygen atoms in total. The molecule has 2 heterocycles. The lowest BCUT2D eigenvalue weighted by Gasteiger charge is -2.36. The summed E-state index contributed by atoms with van der Waals surface area (Å²) in [6, 6.07) is 17.2. The van der Waals surface area contributed by atoms with Gasteiger partial charge in [-0.15, -0.1) is 0 Å². The highest BCUT2D eigenvalue weighted by molar-refractivity contribution is 5.70. The third-order valence-corrected chi connectivity index (χ3v) is 6.00. The van der Waals surface area contributed by atoms with Gasteiger partial charge in [-0.1, -0.05) is 30.3 Å². The van der Waals surface area contributed by atoms with Crippen LogP contribution >= 0.6 is 0 Å². The molecule has 0 bridgehead atoms. The van der Waals surface area contributed by atoms with Gasteiger partial charge in [-0.3, -0.25) is 9.69 Å². The lowest BCUT2D eigenvalue weighted by molar-refractivity contribution is -0.143. The SMILES string of the molecule is COc1cc(C(c2ccco2)N2CCCC(C(=O)O)C2)cc(OC)c1OCc1ccccc1. The Kier molecular flexibility index (Phi) is 7.19. The number of carboxylic acid groups (broad SMARTS) is 1. The molecule has 2 aromatic carbocycles. The van der Waals surface area contributed by atoms with E-state index in [2.05, 4.69) is 4.90 Å². The summed E-state index contributed by atoms with van der Waals surface area (Å²) < 4.78 is 23.2. The number of hydrogen-bond acceptors (Lipinski definition) is 6. The molecule has 174 valence electrons. The Bertz CT molecular complexity index is 1020. The van der Waals surface area contributed by atoms with Gasteiger partial charge in [0.2, 0.25) is 5.75 Å². The molecule has 2 unspecified atom stereocenters. The van der Waals surface area contributed by atoms with Crippen LogP contribution in [0.2, 0.25) is 0 Å². The number of furan rings is 1. The number of carboxylic acids is 1. The van der Waals surface area contributed by atoms with Crippen molar-refractivity contribution in [3.63, 3.8) is 0 Å². The number of carbonyl (C=O) groups is 1. The molecule has 7 heteroatoms. The van der Waals surface area contributed by atoms with Crippen LogP contribution in [0.1, 0.15) is 35.8 Å². The molecule has 1 aliphatic rings. The first kappa shape index (κ1) is 22.7. The van der Waals surface area contributed by atoms with E-state index in [4.69, 9.17) is 18.6 Å². The number of ether oxygens (including phenoxy) is 3. The predicted octanol–water partition coefficient (Wildman–Crippen LogP) is 4.76. The summed E-state index contributed by atoms with van der Waals surface area (Å²) in [5.74, 6) is 1.18. The maximum atomic E-state index is 11.7. The van der Waals surface area contributed by atoms with Crippen molar-refractivity contribution in [1.29, 1.82) is 0 Å². The zero-order valence-corrected chi connectivity index (χ0v) is 18.9. The number of methoxy groups -OCH3 is 2. The summed E-state index contributed by atoms with van der Waals surface area (Å²) in [7, 11) is 3.19. The van der Waals surface area contributed by atoms with Crippen LogP contribution in [0, 0.1) is 5.92 Å². The zero-order valence-electron chi connectivity index (χ0n) is 18.9. The number of likely N-dealkylation sites (tertiary alicyclic amines) is 1. The molecule has 1 fully saturated rings. The molecular weight excluding hydrogens is 422 g/mol. The highest BCUT2D eigenvalue weighted by Gasteiger charge is 2.33. The van der Waals surface area contributed by atoms with Crippen LogP contribution in [-0.2, 0) is 11.4 Å². The molecule has 33 heavy (non-hydrogen) atoms. The van der Waals surface area contributed by atoms with Gasteiger partial charge in [0.25, 0.3) is 0 Å². The maximum absolute atomic E-state index is 11.7. The van der Waals surface area contributed by atoms with E-state index in [1.54, 1.807) is 20.5 Å². The van der Waals surface area contributed by atoms with E-state index < -0.39 is 11.9 Å². The molecule has 1 N–H and O–H groups in total. The van der Waals surface area contributed by atoms with E-state index in [1.807, 2.05) is 54.6 Å². The van der Waals surface area contributed by atoms with Crippen molar-refractivity contribution in [2.24, 2.45) is 5.92 Å². The van der Waals surface area contributed by atoms with E-state index in [-0.39, 0.29) is 6.04 Å². The minimum absolute atomic E-state index is 0.270. The minimum Gasteiger partial charge on any atom is -0.493 e. The van der Waals surface area contributed by atoms with Crippen molar-refractivity contribution in [3.8, 4) is 17.2 Å². The largest absolute Gasteiger partial charge is 0.493 e. The third-order valence-electron chi connectivity index (χ3n) is 6.00. The van der Waals surface area contributed by atoms with E-state index in [0.29, 0.717) is 36.8 Å². The average molecular weight is 452 g/mol. The van der Waals surface area contributed by atoms with E-state index in [1.165, 1.54) is 0 Å². The second-order valence-corrected chi connectivity index (χ2v) is 8.12. The standard InChI is InChI=1S/C26H29NO6/c1-30-22-14-20(15-23(31-2)25(22)33-17-18-8-4-3-5-9-18)24(21-11-7-13-32-21)27-12-6-10-19(16-27)26(28)29/h3-5,7-9,11,13-15,19,24H,6,10,12,16-17H2,1-2H3,(H,28,29). The summed E-state index contributed by atoms with van der Waals surface area (Å²) in [6.07, 6.45) is 3.11. The van der Waals surface area contributed by atoms with Gasteiger partial charge in [0.1, 0.15) is 12.4 Å². The van der Waals surface area contributed by atoms with Crippen molar-refractivity contribution in [1.82, 2.24) is 4.90 Å². The summed E-state index contributed by atoms with van der Waals surface area (Å²) in [6.45, 7) is 1.59. The summed E-state index contributed by atoms with van der Waals surface area (Å²) in [5.41, 5.74) is 1.92. The van der Waals surface area contributed by atoms with Crippen LogP contribution in [0.3, 0.4) is 0 Å². The molecule has 4 rings (SSSR count). The average Bonchev–Trinajstić information content (AvgIpc) is 3.38. The lowest BCUT2D eigenvalue weighted by Crippen LogP contribution is -2.41. The van der Waals surface area contributed by atoms with Crippen LogP contribution in [-0.4, -0.2) is 43.3 Å². The van der Waals surface area contributed by atoms with Gasteiger partial charge in [-0.25, -0.2) is 0 Å². The zero-order chi connectivity index (χ0) is 23.2. The predicted molar refractivity (Wildman–Crippen MR) is 123 cm³/mol. The molecule has 1 aliphatic heterocycles. The molecule has 3 aromatic rings. The molecule has 0 aliphatic carbocycles. The van der Waals surface area contributed by atoms with Gasteiger partial charge in [0, 0.05) is 6.54 Å². The highest BCUT2D eigenvalue weighted by Crippen LogP contribution is 2.43. The first-order chi connectivity index (χ1) is 16.1. The number of benzene rings is 2. The number of rotatable bonds is 9. The monoisotopic (exact) mass is 451 g/mol.